The Balaban J connectivity index is 2.18. The van der Waals surface area contributed by atoms with Crippen LogP contribution in [-0.4, -0.2) is 30.7 Å². The van der Waals surface area contributed by atoms with Crippen LogP contribution >= 0.6 is 0 Å². The van der Waals surface area contributed by atoms with E-state index in [2.05, 4.69) is 9.82 Å². The number of hydrogen-bond donors (Lipinski definition) is 1. The molecule has 2 aromatic carbocycles. The fourth-order valence-corrected chi connectivity index (χ4v) is 3.86. The zero-order valence-corrected chi connectivity index (χ0v) is 16.4. The van der Waals surface area contributed by atoms with Crippen LogP contribution in [0.3, 0.4) is 0 Å². The number of halogens is 3. The largest absolute Gasteiger partial charge is 0.416 e. The predicted octanol–water partition coefficient (Wildman–Crippen LogP) is 3.78. The van der Waals surface area contributed by atoms with Crippen molar-refractivity contribution in [1.29, 1.82) is 0 Å². The molecule has 6 nitrogen and oxygen atoms in total. The number of rotatable bonds is 6. The number of benzene rings is 2. The Hall–Kier alpha value is -2.88. The SMILES string of the molecule is CCC(C=O)(c1ccc(C(F)(F)F)cc1)n1ncc2c(NS(C)(=O)=O)cccc21. The first-order valence-electron chi connectivity index (χ1n) is 8.61. The summed E-state index contributed by atoms with van der Waals surface area (Å²) in [5.41, 5.74) is -1.07. The molecule has 0 amide bonds. The number of anilines is 1. The quantitative estimate of drug-likeness (QED) is 0.610. The Kier molecular flexibility index (Phi) is 5.16. The number of fused-ring (bicyclic) bond motifs is 1. The van der Waals surface area contributed by atoms with Crippen LogP contribution in [0.1, 0.15) is 24.5 Å². The van der Waals surface area contributed by atoms with Crippen molar-refractivity contribution in [3.63, 3.8) is 0 Å². The number of alkyl halides is 3. The van der Waals surface area contributed by atoms with Crippen molar-refractivity contribution in [2.24, 2.45) is 0 Å². The second kappa shape index (κ2) is 7.18. The molecule has 29 heavy (non-hydrogen) atoms. The number of sulfonamides is 1. The van der Waals surface area contributed by atoms with Gasteiger partial charge in [-0.05, 0) is 36.2 Å². The van der Waals surface area contributed by atoms with E-state index in [4.69, 9.17) is 0 Å². The first-order chi connectivity index (χ1) is 13.5. The Morgan fingerprint density at radius 2 is 1.72 bits per heavy atom. The number of aromatic nitrogens is 2. The molecule has 1 N–H and O–H groups in total. The van der Waals surface area contributed by atoms with Gasteiger partial charge in [-0.15, -0.1) is 0 Å². The molecule has 0 aliphatic heterocycles. The third kappa shape index (κ3) is 3.84. The number of hydrogen-bond acceptors (Lipinski definition) is 4. The smallest absolute Gasteiger partial charge is 0.300 e. The van der Waals surface area contributed by atoms with Crippen LogP contribution in [0.2, 0.25) is 0 Å². The maximum absolute atomic E-state index is 12.9. The van der Waals surface area contributed by atoms with Crippen LogP contribution in [0, 0.1) is 0 Å². The summed E-state index contributed by atoms with van der Waals surface area (Å²) in [5.74, 6) is 0. The maximum Gasteiger partial charge on any atom is 0.416 e. The lowest BCUT2D eigenvalue weighted by molar-refractivity contribution is -0.137. The van der Waals surface area contributed by atoms with E-state index in [9.17, 15) is 26.4 Å². The molecule has 154 valence electrons. The zero-order valence-electron chi connectivity index (χ0n) is 15.6. The highest BCUT2D eigenvalue weighted by Crippen LogP contribution is 2.35. The summed E-state index contributed by atoms with van der Waals surface area (Å²) >= 11 is 0. The van der Waals surface area contributed by atoms with Crippen molar-refractivity contribution in [2.75, 3.05) is 11.0 Å². The van der Waals surface area contributed by atoms with Crippen molar-refractivity contribution < 1.29 is 26.4 Å². The molecule has 0 radical (unpaired) electrons. The van der Waals surface area contributed by atoms with Crippen molar-refractivity contribution in [3.8, 4) is 0 Å². The van der Waals surface area contributed by atoms with Crippen LogP contribution in [0.4, 0.5) is 18.9 Å². The summed E-state index contributed by atoms with van der Waals surface area (Å²) in [6.45, 7) is 1.72. The molecule has 1 atom stereocenters. The van der Waals surface area contributed by atoms with Gasteiger partial charge in [-0.3, -0.25) is 4.72 Å². The third-order valence-corrected chi connectivity index (χ3v) is 5.32. The van der Waals surface area contributed by atoms with Crippen LogP contribution in [-0.2, 0) is 26.5 Å². The average Bonchev–Trinajstić information content (AvgIpc) is 3.08. The van der Waals surface area contributed by atoms with Gasteiger partial charge < -0.3 is 4.79 Å². The molecule has 0 aliphatic rings. The van der Waals surface area contributed by atoms with Gasteiger partial charge in [0, 0.05) is 5.39 Å². The van der Waals surface area contributed by atoms with Crippen LogP contribution in [0.15, 0.2) is 48.7 Å². The van der Waals surface area contributed by atoms with Crippen molar-refractivity contribution in [3.05, 3.63) is 59.8 Å². The van der Waals surface area contributed by atoms with Gasteiger partial charge in [0.2, 0.25) is 10.0 Å². The maximum atomic E-state index is 12.9. The minimum atomic E-state index is -4.49. The van der Waals surface area contributed by atoms with E-state index in [0.29, 0.717) is 28.4 Å². The van der Waals surface area contributed by atoms with Gasteiger partial charge in [-0.25, -0.2) is 13.1 Å². The molecule has 0 bridgehead atoms. The normalized spacial score (nSPS) is 14.5. The molecule has 1 unspecified atom stereocenters. The molecule has 0 saturated carbocycles. The van der Waals surface area contributed by atoms with E-state index in [-0.39, 0.29) is 6.42 Å². The van der Waals surface area contributed by atoms with E-state index in [1.54, 1.807) is 25.1 Å². The molecule has 1 aromatic heterocycles. The Labute approximate surface area is 165 Å². The van der Waals surface area contributed by atoms with Crippen molar-refractivity contribution in [2.45, 2.75) is 25.1 Å². The van der Waals surface area contributed by atoms with Gasteiger partial charge in [0.1, 0.15) is 5.54 Å². The highest BCUT2D eigenvalue weighted by atomic mass is 32.2. The second-order valence-electron chi connectivity index (χ2n) is 6.64. The summed E-state index contributed by atoms with van der Waals surface area (Å²) in [4.78, 5) is 12.2. The fourth-order valence-electron chi connectivity index (χ4n) is 3.28. The number of aldehydes is 1. The van der Waals surface area contributed by atoms with E-state index < -0.39 is 27.3 Å². The van der Waals surface area contributed by atoms with Crippen molar-refractivity contribution >= 4 is 32.9 Å². The molecule has 3 rings (SSSR count). The first kappa shape index (κ1) is 20.8. The van der Waals surface area contributed by atoms with Gasteiger partial charge in [0.25, 0.3) is 0 Å². The van der Waals surface area contributed by atoms with Crippen molar-refractivity contribution in [1.82, 2.24) is 9.78 Å². The van der Waals surface area contributed by atoms with E-state index >= 15 is 0 Å². The molecule has 1 heterocycles. The molecule has 0 aliphatic carbocycles. The van der Waals surface area contributed by atoms with E-state index in [0.717, 1.165) is 18.4 Å². The number of nitrogens with zero attached hydrogens (tertiary/aromatic N) is 2. The predicted molar refractivity (Wildman–Crippen MR) is 103 cm³/mol. The number of carbonyl (C=O) groups excluding carboxylic acids is 1. The number of carbonyl (C=O) groups is 1. The Morgan fingerprint density at radius 3 is 2.24 bits per heavy atom. The highest BCUT2D eigenvalue weighted by Gasteiger charge is 2.36. The first-order valence-corrected chi connectivity index (χ1v) is 10.5. The second-order valence-corrected chi connectivity index (χ2v) is 8.39. The Bertz CT molecular complexity index is 1150. The van der Waals surface area contributed by atoms with Crippen LogP contribution in [0.5, 0.6) is 0 Å². The van der Waals surface area contributed by atoms with E-state index in [1.807, 2.05) is 0 Å². The third-order valence-electron chi connectivity index (χ3n) is 4.73. The molecule has 0 fully saturated rings. The summed E-state index contributed by atoms with van der Waals surface area (Å²) in [7, 11) is -3.54. The topological polar surface area (TPSA) is 81.1 Å². The summed E-state index contributed by atoms with van der Waals surface area (Å²) in [6.07, 6.45) is -1.19. The number of nitrogens with one attached hydrogen (secondary N) is 1. The minimum absolute atomic E-state index is 0.225. The lowest BCUT2D eigenvalue weighted by Gasteiger charge is -2.29. The minimum Gasteiger partial charge on any atom is -0.300 e. The molecule has 10 heteroatoms. The fraction of sp³-hybridized carbons (Fsp3) is 0.263. The van der Waals surface area contributed by atoms with Gasteiger partial charge in [-0.2, -0.15) is 18.3 Å². The average molecular weight is 425 g/mol. The van der Waals surface area contributed by atoms with Crippen LogP contribution < -0.4 is 4.72 Å². The Morgan fingerprint density at radius 1 is 1.10 bits per heavy atom. The lowest BCUT2D eigenvalue weighted by Crippen LogP contribution is -2.37. The molecule has 0 saturated heterocycles. The summed E-state index contributed by atoms with van der Waals surface area (Å²) in [5, 5.41) is 4.74. The monoisotopic (exact) mass is 425 g/mol. The van der Waals surface area contributed by atoms with Gasteiger partial charge in [0.05, 0.1) is 29.2 Å². The summed E-state index contributed by atoms with van der Waals surface area (Å²) in [6, 6.07) is 9.18. The standard InChI is InChI=1S/C19H18F3N3O3S/c1-3-18(12-26,13-7-9-14(10-8-13)19(20,21)22)25-17-6-4-5-16(15(17)11-23-25)24-29(2,27)28/h4-12,24H,3H2,1-2H3. The van der Waals surface area contributed by atoms with Crippen LogP contribution in [0.25, 0.3) is 10.9 Å². The van der Waals surface area contributed by atoms with E-state index in [1.165, 1.54) is 23.0 Å². The molecule has 3 aromatic rings. The molecule has 0 spiro atoms. The van der Waals surface area contributed by atoms with Gasteiger partial charge in [-0.1, -0.05) is 25.1 Å². The molecular formula is C19H18F3N3O3S. The van der Waals surface area contributed by atoms with Gasteiger partial charge in [0.15, 0.2) is 6.29 Å². The highest BCUT2D eigenvalue weighted by molar-refractivity contribution is 7.92. The summed E-state index contributed by atoms with van der Waals surface area (Å²) < 4.78 is 65.7. The zero-order chi connectivity index (χ0) is 21.4. The lowest BCUT2D eigenvalue weighted by atomic mass is 9.88. The van der Waals surface area contributed by atoms with Gasteiger partial charge >= 0.3 is 6.18 Å². The molecular weight excluding hydrogens is 407 g/mol.